The maximum absolute atomic E-state index is 11.1. The first-order valence-corrected chi connectivity index (χ1v) is 4.47. The van der Waals surface area contributed by atoms with Gasteiger partial charge in [0.1, 0.15) is 0 Å². The van der Waals surface area contributed by atoms with E-state index >= 15 is 0 Å². The molecule has 0 bridgehead atoms. The predicted octanol–water partition coefficient (Wildman–Crippen LogP) is 2.57. The fourth-order valence-electron chi connectivity index (χ4n) is 1.20. The van der Waals surface area contributed by atoms with Crippen LogP contribution in [0.15, 0.2) is 29.8 Å². The summed E-state index contributed by atoms with van der Waals surface area (Å²) < 4.78 is 4.62. The Bertz CT molecular complexity index is 364. The van der Waals surface area contributed by atoms with Gasteiger partial charge in [-0.15, -0.1) is 0 Å². The number of ether oxygens (including phenoxy) is 1. The number of rotatable bonds is 2. The highest BCUT2D eigenvalue weighted by molar-refractivity contribution is 5.93. The fraction of sp³-hybridized carbons (Fsp3) is 0.250. The van der Waals surface area contributed by atoms with Crippen LogP contribution in [0.2, 0.25) is 0 Å². The molecule has 0 amide bonds. The molecule has 14 heavy (non-hydrogen) atoms. The van der Waals surface area contributed by atoms with Crippen molar-refractivity contribution in [1.29, 1.82) is 0 Å². The van der Waals surface area contributed by atoms with Crippen LogP contribution >= 0.6 is 0 Å². The van der Waals surface area contributed by atoms with E-state index in [-0.39, 0.29) is 5.97 Å². The number of hydrogen-bond donors (Lipinski definition) is 0. The summed E-state index contributed by atoms with van der Waals surface area (Å²) >= 11 is 0. The summed E-state index contributed by atoms with van der Waals surface area (Å²) in [7, 11) is 1.39. The number of hydrogen-bond acceptors (Lipinski definition) is 2. The van der Waals surface area contributed by atoms with Crippen LogP contribution in [0.25, 0.3) is 6.08 Å². The molecule has 74 valence electrons. The number of esters is 1. The molecule has 1 aromatic rings. The molecule has 2 heteroatoms. The largest absolute Gasteiger partial charge is 0.466 e. The predicted molar refractivity (Wildman–Crippen MR) is 56.8 cm³/mol. The maximum atomic E-state index is 11.1. The summed E-state index contributed by atoms with van der Waals surface area (Å²) in [5, 5.41) is 0. The van der Waals surface area contributed by atoms with Gasteiger partial charge in [-0.1, -0.05) is 24.3 Å². The highest BCUT2D eigenvalue weighted by Crippen LogP contribution is 2.12. The van der Waals surface area contributed by atoms with Crippen LogP contribution in [-0.2, 0) is 9.53 Å². The average Bonchev–Trinajstić information content (AvgIpc) is 2.20. The molecule has 0 spiro atoms. The Labute approximate surface area is 84.2 Å². The topological polar surface area (TPSA) is 26.3 Å². The normalized spacial score (nSPS) is 11.2. The van der Waals surface area contributed by atoms with E-state index in [9.17, 15) is 4.79 Å². The first-order valence-electron chi connectivity index (χ1n) is 4.47. The van der Waals surface area contributed by atoms with Gasteiger partial charge in [-0.2, -0.15) is 0 Å². The van der Waals surface area contributed by atoms with Crippen LogP contribution in [0, 0.1) is 6.92 Å². The van der Waals surface area contributed by atoms with E-state index in [0.29, 0.717) is 5.57 Å². The second-order valence-corrected chi connectivity index (χ2v) is 3.18. The molecule has 0 saturated carbocycles. The smallest absolute Gasteiger partial charge is 0.333 e. The minimum Gasteiger partial charge on any atom is -0.466 e. The van der Waals surface area contributed by atoms with Crippen LogP contribution in [0.4, 0.5) is 0 Å². The molecule has 0 heterocycles. The van der Waals surface area contributed by atoms with Crippen LogP contribution in [-0.4, -0.2) is 13.1 Å². The Morgan fingerprint density at radius 1 is 1.36 bits per heavy atom. The van der Waals surface area contributed by atoms with Crippen molar-refractivity contribution in [3.05, 3.63) is 41.0 Å². The minimum absolute atomic E-state index is 0.284. The van der Waals surface area contributed by atoms with Crippen molar-refractivity contribution in [2.45, 2.75) is 13.8 Å². The van der Waals surface area contributed by atoms with Gasteiger partial charge in [0.2, 0.25) is 0 Å². The zero-order chi connectivity index (χ0) is 10.6. The number of methoxy groups -OCH3 is 1. The molecule has 0 atom stereocenters. The zero-order valence-electron chi connectivity index (χ0n) is 8.70. The quantitative estimate of drug-likeness (QED) is 0.529. The van der Waals surface area contributed by atoms with Crippen molar-refractivity contribution in [3.63, 3.8) is 0 Å². The third-order valence-corrected chi connectivity index (χ3v) is 2.07. The van der Waals surface area contributed by atoms with Gasteiger partial charge in [-0.3, -0.25) is 0 Å². The molecular formula is C12H14O2. The highest BCUT2D eigenvalue weighted by atomic mass is 16.5. The Kier molecular flexibility index (Phi) is 3.46. The molecule has 0 aliphatic carbocycles. The number of benzene rings is 1. The monoisotopic (exact) mass is 190 g/mol. The Balaban J connectivity index is 2.97. The van der Waals surface area contributed by atoms with Gasteiger partial charge in [0.05, 0.1) is 7.11 Å². The molecule has 0 N–H and O–H groups in total. The van der Waals surface area contributed by atoms with Crippen LogP contribution in [0.1, 0.15) is 18.1 Å². The molecule has 0 unspecified atom stereocenters. The molecule has 1 rings (SSSR count). The van der Waals surface area contributed by atoms with Crippen molar-refractivity contribution >= 4 is 12.0 Å². The van der Waals surface area contributed by atoms with Crippen molar-refractivity contribution in [2.24, 2.45) is 0 Å². The molecule has 1 aromatic carbocycles. The molecule has 0 aliphatic rings. The van der Waals surface area contributed by atoms with Crippen LogP contribution in [0.5, 0.6) is 0 Å². The molecule has 0 radical (unpaired) electrons. The lowest BCUT2D eigenvalue weighted by molar-refractivity contribution is -0.135. The minimum atomic E-state index is -0.284. The summed E-state index contributed by atoms with van der Waals surface area (Å²) in [6, 6.07) is 7.90. The number of carbonyl (C=O) groups excluding carboxylic acids is 1. The summed E-state index contributed by atoms with van der Waals surface area (Å²) in [6.07, 6.45) is 1.83. The average molecular weight is 190 g/mol. The van der Waals surface area contributed by atoms with Crippen molar-refractivity contribution in [1.82, 2.24) is 0 Å². The van der Waals surface area contributed by atoms with E-state index in [0.717, 1.165) is 11.1 Å². The second kappa shape index (κ2) is 4.61. The van der Waals surface area contributed by atoms with E-state index in [4.69, 9.17) is 0 Å². The van der Waals surface area contributed by atoms with Gasteiger partial charge >= 0.3 is 5.97 Å². The SMILES string of the molecule is COC(=O)/C(C)=C/c1ccccc1C. The summed E-state index contributed by atoms with van der Waals surface area (Å²) in [4.78, 5) is 11.1. The summed E-state index contributed by atoms with van der Waals surface area (Å²) in [5.41, 5.74) is 2.81. The zero-order valence-corrected chi connectivity index (χ0v) is 8.70. The van der Waals surface area contributed by atoms with E-state index in [2.05, 4.69) is 4.74 Å². The van der Waals surface area contributed by atoms with E-state index in [1.165, 1.54) is 7.11 Å². The lowest BCUT2D eigenvalue weighted by Gasteiger charge is -2.01. The van der Waals surface area contributed by atoms with Crippen molar-refractivity contribution < 1.29 is 9.53 Å². The van der Waals surface area contributed by atoms with Gasteiger partial charge in [0, 0.05) is 5.57 Å². The lowest BCUT2D eigenvalue weighted by atomic mass is 10.1. The molecule has 0 aliphatic heterocycles. The molecule has 0 aromatic heterocycles. The van der Waals surface area contributed by atoms with E-state index < -0.39 is 0 Å². The van der Waals surface area contributed by atoms with E-state index in [1.807, 2.05) is 37.3 Å². The van der Waals surface area contributed by atoms with Gasteiger partial charge < -0.3 is 4.74 Å². The summed E-state index contributed by atoms with van der Waals surface area (Å²) in [6.45, 7) is 3.76. The van der Waals surface area contributed by atoms with Crippen LogP contribution < -0.4 is 0 Å². The Hall–Kier alpha value is -1.57. The Morgan fingerprint density at radius 2 is 2.00 bits per heavy atom. The number of carbonyl (C=O) groups is 1. The first kappa shape index (κ1) is 10.5. The second-order valence-electron chi connectivity index (χ2n) is 3.18. The maximum Gasteiger partial charge on any atom is 0.333 e. The molecule has 0 fully saturated rings. The fourth-order valence-corrected chi connectivity index (χ4v) is 1.20. The van der Waals surface area contributed by atoms with Crippen LogP contribution in [0.3, 0.4) is 0 Å². The Morgan fingerprint density at radius 3 is 2.57 bits per heavy atom. The third kappa shape index (κ3) is 2.46. The number of aryl methyl sites for hydroxylation is 1. The third-order valence-electron chi connectivity index (χ3n) is 2.07. The standard InChI is InChI=1S/C12H14O2/c1-9-6-4-5-7-11(9)8-10(2)12(13)14-3/h4-8H,1-3H3/b10-8+. The molecular weight excluding hydrogens is 176 g/mol. The van der Waals surface area contributed by atoms with Gasteiger partial charge in [0.25, 0.3) is 0 Å². The van der Waals surface area contributed by atoms with Crippen molar-refractivity contribution in [3.8, 4) is 0 Å². The molecule has 0 saturated heterocycles. The van der Waals surface area contributed by atoms with Gasteiger partial charge in [-0.25, -0.2) is 4.79 Å². The first-order chi connectivity index (χ1) is 6.65. The highest BCUT2D eigenvalue weighted by Gasteiger charge is 2.03. The molecule has 2 nitrogen and oxygen atoms in total. The van der Waals surface area contributed by atoms with Gasteiger partial charge in [0.15, 0.2) is 0 Å². The van der Waals surface area contributed by atoms with Crippen molar-refractivity contribution in [2.75, 3.05) is 7.11 Å². The van der Waals surface area contributed by atoms with E-state index in [1.54, 1.807) is 6.92 Å². The summed E-state index contributed by atoms with van der Waals surface area (Å²) in [5.74, 6) is -0.284. The van der Waals surface area contributed by atoms with Gasteiger partial charge in [-0.05, 0) is 31.1 Å². The lowest BCUT2D eigenvalue weighted by Crippen LogP contribution is -2.01.